The zero-order chi connectivity index (χ0) is 15.1. The van der Waals surface area contributed by atoms with Gasteiger partial charge in [-0.15, -0.1) is 0 Å². The molecule has 0 unspecified atom stereocenters. The van der Waals surface area contributed by atoms with E-state index in [1.807, 2.05) is 38.1 Å². The number of rotatable bonds is 2. The van der Waals surface area contributed by atoms with Crippen molar-refractivity contribution in [2.24, 2.45) is 0 Å². The molecule has 0 aromatic heterocycles. The van der Waals surface area contributed by atoms with E-state index in [2.05, 4.69) is 13.8 Å². The van der Waals surface area contributed by atoms with E-state index in [9.17, 15) is 0 Å². The minimum atomic E-state index is 0.386. The number of benzene rings is 2. The van der Waals surface area contributed by atoms with E-state index >= 15 is 0 Å². The zero-order valence-electron chi connectivity index (χ0n) is 12.8. The second-order valence-corrected chi connectivity index (χ2v) is 4.95. The summed E-state index contributed by atoms with van der Waals surface area (Å²) in [5.41, 5.74) is 4.46. The zero-order valence-corrected chi connectivity index (χ0v) is 12.8. The fraction of sp³-hybridized carbons (Fsp3) is 0.333. The predicted octanol–water partition coefficient (Wildman–Crippen LogP) is 4.53. The summed E-state index contributed by atoms with van der Waals surface area (Å²) in [6.07, 6.45) is 2.06. The molecule has 0 radical (unpaired) electrons. The lowest BCUT2D eigenvalue weighted by molar-refractivity contribution is 0.470. The van der Waals surface area contributed by atoms with Crippen LogP contribution in [0, 0.1) is 13.8 Å². The van der Waals surface area contributed by atoms with Gasteiger partial charge in [-0.25, -0.2) is 0 Å². The third-order valence-electron chi connectivity index (χ3n) is 3.34. The van der Waals surface area contributed by atoms with Crippen LogP contribution in [0.2, 0.25) is 0 Å². The standard InChI is InChI=1S/2C9H12O/c2*1-3-8-4-5-9(10)7(2)6-8/h2*4-6,10H,3H2,1-2H3. The highest BCUT2D eigenvalue weighted by Crippen LogP contribution is 2.17. The van der Waals surface area contributed by atoms with Gasteiger partial charge in [0.25, 0.3) is 0 Å². The molecule has 0 aliphatic rings. The van der Waals surface area contributed by atoms with Crippen molar-refractivity contribution >= 4 is 0 Å². The molecule has 0 aliphatic carbocycles. The van der Waals surface area contributed by atoms with Gasteiger partial charge in [0.2, 0.25) is 0 Å². The molecular formula is C18H24O2. The maximum atomic E-state index is 9.14. The van der Waals surface area contributed by atoms with Crippen molar-refractivity contribution in [3.05, 3.63) is 58.7 Å². The van der Waals surface area contributed by atoms with E-state index in [4.69, 9.17) is 10.2 Å². The number of hydrogen-bond acceptors (Lipinski definition) is 2. The summed E-state index contributed by atoms with van der Waals surface area (Å²) in [6.45, 7) is 8.03. The number of hydrogen-bond donors (Lipinski definition) is 2. The van der Waals surface area contributed by atoms with Crippen LogP contribution in [0.15, 0.2) is 36.4 Å². The van der Waals surface area contributed by atoms with Gasteiger partial charge >= 0.3 is 0 Å². The lowest BCUT2D eigenvalue weighted by atomic mass is 10.1. The molecule has 0 atom stereocenters. The predicted molar refractivity (Wildman–Crippen MR) is 84.4 cm³/mol. The minimum absolute atomic E-state index is 0.386. The van der Waals surface area contributed by atoms with Crippen LogP contribution in [-0.4, -0.2) is 10.2 Å². The monoisotopic (exact) mass is 272 g/mol. The molecule has 0 spiro atoms. The van der Waals surface area contributed by atoms with Crippen molar-refractivity contribution in [1.82, 2.24) is 0 Å². The molecule has 2 rings (SSSR count). The van der Waals surface area contributed by atoms with Gasteiger partial charge in [0, 0.05) is 0 Å². The van der Waals surface area contributed by atoms with Crippen LogP contribution in [0.5, 0.6) is 11.5 Å². The van der Waals surface area contributed by atoms with Crippen molar-refractivity contribution < 1.29 is 10.2 Å². The Bertz CT molecular complexity index is 508. The quantitative estimate of drug-likeness (QED) is 0.843. The fourth-order valence-electron chi connectivity index (χ4n) is 1.87. The van der Waals surface area contributed by atoms with Crippen LogP contribution in [-0.2, 0) is 12.8 Å². The largest absolute Gasteiger partial charge is 0.508 e. The second kappa shape index (κ2) is 7.59. The third-order valence-corrected chi connectivity index (χ3v) is 3.34. The Labute approximate surface area is 121 Å². The summed E-state index contributed by atoms with van der Waals surface area (Å²) >= 11 is 0. The summed E-state index contributed by atoms with van der Waals surface area (Å²) < 4.78 is 0. The smallest absolute Gasteiger partial charge is 0.118 e. The Morgan fingerprint density at radius 2 is 1.05 bits per heavy atom. The highest BCUT2D eigenvalue weighted by molar-refractivity contribution is 5.35. The molecule has 2 aromatic rings. The number of aryl methyl sites for hydroxylation is 4. The molecule has 0 fully saturated rings. The van der Waals surface area contributed by atoms with Crippen LogP contribution in [0.4, 0.5) is 0 Å². The molecule has 108 valence electrons. The van der Waals surface area contributed by atoms with E-state index in [-0.39, 0.29) is 0 Å². The van der Waals surface area contributed by atoms with E-state index in [0.717, 1.165) is 24.0 Å². The highest BCUT2D eigenvalue weighted by atomic mass is 16.3. The molecular weight excluding hydrogens is 248 g/mol. The van der Waals surface area contributed by atoms with Gasteiger partial charge in [0.15, 0.2) is 0 Å². The van der Waals surface area contributed by atoms with Gasteiger partial charge in [-0.05, 0) is 61.1 Å². The molecule has 2 nitrogen and oxygen atoms in total. The van der Waals surface area contributed by atoms with Crippen molar-refractivity contribution in [3.8, 4) is 11.5 Å². The number of phenolic OH excluding ortho intramolecular Hbond substituents is 2. The van der Waals surface area contributed by atoms with E-state index in [0.29, 0.717) is 11.5 Å². The van der Waals surface area contributed by atoms with Gasteiger partial charge in [-0.2, -0.15) is 0 Å². The topological polar surface area (TPSA) is 40.5 Å². The summed E-state index contributed by atoms with van der Waals surface area (Å²) in [7, 11) is 0. The molecule has 0 aliphatic heterocycles. The summed E-state index contributed by atoms with van der Waals surface area (Å²) in [4.78, 5) is 0. The van der Waals surface area contributed by atoms with Crippen LogP contribution in [0.25, 0.3) is 0 Å². The molecule has 20 heavy (non-hydrogen) atoms. The first-order chi connectivity index (χ1) is 9.47. The Morgan fingerprint density at radius 1 is 0.700 bits per heavy atom. The maximum absolute atomic E-state index is 9.14. The first kappa shape index (κ1) is 16.1. The number of phenols is 2. The molecule has 0 heterocycles. The van der Waals surface area contributed by atoms with Crippen molar-refractivity contribution in [1.29, 1.82) is 0 Å². The lowest BCUT2D eigenvalue weighted by Crippen LogP contribution is -1.80. The van der Waals surface area contributed by atoms with Crippen LogP contribution in [0.3, 0.4) is 0 Å². The van der Waals surface area contributed by atoms with Crippen molar-refractivity contribution in [2.75, 3.05) is 0 Å². The second-order valence-electron chi connectivity index (χ2n) is 4.95. The van der Waals surface area contributed by atoms with Gasteiger partial charge < -0.3 is 10.2 Å². The molecule has 2 N–H and O–H groups in total. The average molecular weight is 272 g/mol. The molecule has 2 aromatic carbocycles. The van der Waals surface area contributed by atoms with Gasteiger partial charge in [-0.1, -0.05) is 38.1 Å². The van der Waals surface area contributed by atoms with Gasteiger partial charge in [0.05, 0.1) is 0 Å². The Balaban J connectivity index is 0.000000200. The summed E-state index contributed by atoms with van der Waals surface area (Å²) in [6, 6.07) is 11.4. The molecule has 0 amide bonds. The number of aromatic hydroxyl groups is 2. The van der Waals surface area contributed by atoms with E-state index in [1.54, 1.807) is 12.1 Å². The lowest BCUT2D eigenvalue weighted by Gasteiger charge is -1.99. The fourth-order valence-corrected chi connectivity index (χ4v) is 1.87. The van der Waals surface area contributed by atoms with Crippen LogP contribution >= 0.6 is 0 Å². The molecule has 0 saturated heterocycles. The molecule has 0 saturated carbocycles. The molecule has 2 heteroatoms. The average Bonchev–Trinajstić information content (AvgIpc) is 2.45. The van der Waals surface area contributed by atoms with Crippen LogP contribution in [0.1, 0.15) is 36.1 Å². The highest BCUT2D eigenvalue weighted by Gasteiger charge is 1.95. The van der Waals surface area contributed by atoms with Crippen LogP contribution < -0.4 is 0 Å². The first-order valence-electron chi connectivity index (χ1n) is 7.04. The summed E-state index contributed by atoms with van der Waals surface area (Å²) in [5, 5.41) is 18.3. The normalized spacial score (nSPS) is 9.80. The van der Waals surface area contributed by atoms with Crippen molar-refractivity contribution in [3.63, 3.8) is 0 Å². The Kier molecular flexibility index (Phi) is 6.10. The molecule has 0 bridgehead atoms. The summed E-state index contributed by atoms with van der Waals surface area (Å²) in [5.74, 6) is 0.773. The van der Waals surface area contributed by atoms with E-state index < -0.39 is 0 Å². The SMILES string of the molecule is CCc1ccc(O)c(C)c1.CCc1ccc(O)c(C)c1. The maximum Gasteiger partial charge on any atom is 0.118 e. The minimum Gasteiger partial charge on any atom is -0.508 e. The first-order valence-corrected chi connectivity index (χ1v) is 7.04. The Morgan fingerprint density at radius 3 is 1.30 bits per heavy atom. The van der Waals surface area contributed by atoms with E-state index in [1.165, 1.54) is 11.1 Å². The Hall–Kier alpha value is -1.96. The third kappa shape index (κ3) is 4.61. The van der Waals surface area contributed by atoms with Crippen molar-refractivity contribution in [2.45, 2.75) is 40.5 Å². The van der Waals surface area contributed by atoms with Gasteiger partial charge in [-0.3, -0.25) is 0 Å². The van der Waals surface area contributed by atoms with Gasteiger partial charge in [0.1, 0.15) is 11.5 Å².